The van der Waals surface area contributed by atoms with Crippen molar-refractivity contribution in [1.82, 2.24) is 10.3 Å². The van der Waals surface area contributed by atoms with Crippen molar-refractivity contribution in [2.75, 3.05) is 18.0 Å². The Kier molecular flexibility index (Phi) is 3.11. The highest BCUT2D eigenvalue weighted by Crippen LogP contribution is 2.25. The number of rotatable bonds is 2. The van der Waals surface area contributed by atoms with Gasteiger partial charge < -0.3 is 10.2 Å². The largest absolute Gasteiger partial charge is 0.346 e. The molecule has 1 fully saturated rings. The first-order valence-electron chi connectivity index (χ1n) is 5.13. The fourth-order valence-corrected chi connectivity index (χ4v) is 2.56. The molecule has 1 N–H and O–H groups in total. The van der Waals surface area contributed by atoms with Crippen LogP contribution in [0.3, 0.4) is 0 Å². The van der Waals surface area contributed by atoms with E-state index in [0.29, 0.717) is 0 Å². The van der Waals surface area contributed by atoms with Gasteiger partial charge in [0.15, 0.2) is 5.13 Å². The third-order valence-corrected chi connectivity index (χ3v) is 3.51. The molecule has 0 spiro atoms. The number of hydrogen-bond acceptors (Lipinski definition) is 4. The van der Waals surface area contributed by atoms with Gasteiger partial charge in [-0.2, -0.15) is 0 Å². The minimum atomic E-state index is -0.331. The van der Waals surface area contributed by atoms with Crippen LogP contribution >= 0.6 is 11.3 Å². The predicted octanol–water partition coefficient (Wildman–Crippen LogP) is 0.780. The lowest BCUT2D eigenvalue weighted by molar-refractivity contribution is -0.116. The van der Waals surface area contributed by atoms with Crippen LogP contribution in [0.15, 0.2) is 6.20 Å². The minimum absolute atomic E-state index is 0.146. The monoisotopic (exact) mass is 235 g/mol. The van der Waals surface area contributed by atoms with Crippen molar-refractivity contribution < 1.29 is 4.79 Å². The molecule has 0 radical (unpaired) electrons. The SMILES string of the molecule is C#CC(=O)NC1CCN(c2ncc(C)s2)C1. The van der Waals surface area contributed by atoms with Crippen LogP contribution in [-0.4, -0.2) is 30.0 Å². The maximum atomic E-state index is 11.0. The first-order valence-corrected chi connectivity index (χ1v) is 5.95. The second kappa shape index (κ2) is 4.54. The van der Waals surface area contributed by atoms with E-state index in [1.165, 1.54) is 4.88 Å². The number of nitrogens with zero attached hydrogens (tertiary/aromatic N) is 2. The molecule has 0 aromatic carbocycles. The number of nitrogens with one attached hydrogen (secondary N) is 1. The van der Waals surface area contributed by atoms with Crippen molar-refractivity contribution in [3.63, 3.8) is 0 Å². The topological polar surface area (TPSA) is 45.2 Å². The number of anilines is 1. The van der Waals surface area contributed by atoms with Gasteiger partial charge in [-0.25, -0.2) is 4.98 Å². The molecule has 1 unspecified atom stereocenters. The average molecular weight is 235 g/mol. The van der Waals surface area contributed by atoms with Gasteiger partial charge in [0.25, 0.3) is 5.91 Å². The van der Waals surface area contributed by atoms with Gasteiger partial charge in [0.05, 0.1) is 0 Å². The van der Waals surface area contributed by atoms with Gasteiger partial charge in [-0.3, -0.25) is 4.79 Å². The zero-order chi connectivity index (χ0) is 11.5. The Labute approximate surface area is 98.7 Å². The van der Waals surface area contributed by atoms with Crippen molar-refractivity contribution >= 4 is 22.4 Å². The van der Waals surface area contributed by atoms with E-state index in [1.807, 2.05) is 13.1 Å². The summed E-state index contributed by atoms with van der Waals surface area (Å²) >= 11 is 1.67. The van der Waals surface area contributed by atoms with Gasteiger partial charge in [-0.15, -0.1) is 17.8 Å². The molecule has 2 rings (SSSR count). The summed E-state index contributed by atoms with van der Waals surface area (Å²) in [6.45, 7) is 3.75. The van der Waals surface area contributed by atoms with Crippen molar-refractivity contribution in [3.8, 4) is 12.3 Å². The molecule has 1 aliphatic heterocycles. The van der Waals surface area contributed by atoms with E-state index in [4.69, 9.17) is 6.42 Å². The molecule has 1 amide bonds. The second-order valence-electron chi connectivity index (χ2n) is 3.80. The Hall–Kier alpha value is -1.54. The van der Waals surface area contributed by atoms with Gasteiger partial charge in [-0.1, -0.05) is 0 Å². The van der Waals surface area contributed by atoms with Crippen LogP contribution in [0, 0.1) is 19.3 Å². The maximum Gasteiger partial charge on any atom is 0.295 e. The molecule has 5 heteroatoms. The summed E-state index contributed by atoms with van der Waals surface area (Å²) in [6.07, 6.45) is 7.80. The average Bonchev–Trinajstić information content (AvgIpc) is 2.87. The molecule has 1 aliphatic rings. The summed E-state index contributed by atoms with van der Waals surface area (Å²) in [5.41, 5.74) is 0. The number of aromatic nitrogens is 1. The van der Waals surface area contributed by atoms with Gasteiger partial charge in [0.1, 0.15) is 0 Å². The Morgan fingerprint density at radius 2 is 2.62 bits per heavy atom. The van der Waals surface area contributed by atoms with Crippen LogP contribution < -0.4 is 10.2 Å². The molecule has 4 nitrogen and oxygen atoms in total. The smallest absolute Gasteiger partial charge is 0.295 e. The van der Waals surface area contributed by atoms with Crippen molar-refractivity contribution in [2.24, 2.45) is 0 Å². The fraction of sp³-hybridized carbons (Fsp3) is 0.455. The van der Waals surface area contributed by atoms with E-state index in [9.17, 15) is 4.79 Å². The number of carbonyl (C=O) groups is 1. The highest BCUT2D eigenvalue weighted by Gasteiger charge is 2.25. The Morgan fingerprint density at radius 1 is 1.81 bits per heavy atom. The van der Waals surface area contributed by atoms with Crippen LogP contribution in [0.2, 0.25) is 0 Å². The highest BCUT2D eigenvalue weighted by atomic mass is 32.1. The van der Waals surface area contributed by atoms with Crippen LogP contribution in [0.5, 0.6) is 0 Å². The fourth-order valence-electron chi connectivity index (χ4n) is 1.77. The summed E-state index contributed by atoms with van der Waals surface area (Å²) in [6, 6.07) is 0.146. The van der Waals surface area contributed by atoms with E-state index in [0.717, 1.165) is 24.6 Å². The zero-order valence-corrected chi connectivity index (χ0v) is 9.88. The molecule has 0 saturated carbocycles. The molecule has 2 heterocycles. The van der Waals surface area contributed by atoms with E-state index >= 15 is 0 Å². The molecular weight excluding hydrogens is 222 g/mol. The lowest BCUT2D eigenvalue weighted by Crippen LogP contribution is -2.36. The molecule has 84 valence electrons. The number of aryl methyl sites for hydroxylation is 1. The maximum absolute atomic E-state index is 11.0. The number of amides is 1. The molecular formula is C11H13N3OS. The molecule has 1 aromatic rings. The van der Waals surface area contributed by atoms with Crippen LogP contribution in [0.4, 0.5) is 5.13 Å². The van der Waals surface area contributed by atoms with Crippen molar-refractivity contribution in [2.45, 2.75) is 19.4 Å². The Bertz CT molecular complexity index is 435. The van der Waals surface area contributed by atoms with Crippen LogP contribution in [0.25, 0.3) is 0 Å². The first-order chi connectivity index (χ1) is 7.69. The van der Waals surface area contributed by atoms with E-state index < -0.39 is 0 Å². The van der Waals surface area contributed by atoms with E-state index in [2.05, 4.69) is 21.1 Å². The predicted molar refractivity (Wildman–Crippen MR) is 64.4 cm³/mol. The molecule has 0 bridgehead atoms. The van der Waals surface area contributed by atoms with E-state index in [-0.39, 0.29) is 11.9 Å². The lowest BCUT2D eigenvalue weighted by Gasteiger charge is -2.14. The van der Waals surface area contributed by atoms with Gasteiger partial charge >= 0.3 is 0 Å². The lowest BCUT2D eigenvalue weighted by atomic mass is 10.2. The number of thiazole rings is 1. The summed E-state index contributed by atoms with van der Waals surface area (Å²) in [4.78, 5) is 18.7. The third kappa shape index (κ3) is 2.34. The van der Waals surface area contributed by atoms with Crippen molar-refractivity contribution in [1.29, 1.82) is 0 Å². The van der Waals surface area contributed by atoms with Gasteiger partial charge in [-0.05, 0) is 19.3 Å². The van der Waals surface area contributed by atoms with Crippen LogP contribution in [-0.2, 0) is 4.79 Å². The van der Waals surface area contributed by atoms with E-state index in [1.54, 1.807) is 11.3 Å². The van der Waals surface area contributed by atoms with Crippen molar-refractivity contribution in [3.05, 3.63) is 11.1 Å². The summed E-state index contributed by atoms with van der Waals surface area (Å²) in [5, 5.41) is 3.82. The molecule has 16 heavy (non-hydrogen) atoms. The quantitative estimate of drug-likeness (QED) is 0.770. The van der Waals surface area contributed by atoms with Crippen LogP contribution in [0.1, 0.15) is 11.3 Å². The Morgan fingerprint density at radius 3 is 3.25 bits per heavy atom. The van der Waals surface area contributed by atoms with Gasteiger partial charge in [0, 0.05) is 30.2 Å². The third-order valence-electron chi connectivity index (χ3n) is 2.53. The number of hydrogen-bond donors (Lipinski definition) is 1. The summed E-state index contributed by atoms with van der Waals surface area (Å²) < 4.78 is 0. The Balaban J connectivity index is 1.93. The molecule has 1 atom stereocenters. The number of carbonyl (C=O) groups excluding carboxylic acids is 1. The minimum Gasteiger partial charge on any atom is -0.346 e. The molecule has 0 aliphatic carbocycles. The second-order valence-corrected chi connectivity index (χ2v) is 5.02. The molecule has 1 aromatic heterocycles. The first kappa shape index (κ1) is 11.0. The standard InChI is InChI=1S/C11H13N3OS/c1-3-10(15)13-9-4-5-14(7-9)11-12-6-8(2)16-11/h1,6,9H,4-5,7H2,2H3,(H,13,15). The summed E-state index contributed by atoms with van der Waals surface area (Å²) in [5.74, 6) is 1.74. The zero-order valence-electron chi connectivity index (χ0n) is 9.06. The highest BCUT2D eigenvalue weighted by molar-refractivity contribution is 7.15. The molecule has 1 saturated heterocycles. The summed E-state index contributed by atoms with van der Waals surface area (Å²) in [7, 11) is 0. The van der Waals surface area contributed by atoms with Gasteiger partial charge in [0.2, 0.25) is 0 Å². The number of terminal acetylenes is 1. The normalized spacial score (nSPS) is 19.5.